The fraction of sp³-hybridized carbons (Fsp3) is 0.368. The van der Waals surface area contributed by atoms with Gasteiger partial charge in [0.05, 0.1) is 24.6 Å². The van der Waals surface area contributed by atoms with Crippen molar-refractivity contribution in [2.75, 3.05) is 27.2 Å². The Kier molecular flexibility index (Phi) is 4.46. The number of hydrogen-bond donors (Lipinski definition) is 0. The predicted octanol–water partition coefficient (Wildman–Crippen LogP) is 3.43. The predicted molar refractivity (Wildman–Crippen MR) is 100 cm³/mol. The van der Waals surface area contributed by atoms with Crippen LogP contribution < -0.4 is 0 Å². The molecule has 0 fully saturated rings. The Labute approximate surface area is 157 Å². The first-order valence-corrected chi connectivity index (χ1v) is 9.03. The van der Waals surface area contributed by atoms with Gasteiger partial charge < -0.3 is 18.8 Å². The van der Waals surface area contributed by atoms with Crippen LogP contribution in [0.3, 0.4) is 0 Å². The second-order valence-electron chi connectivity index (χ2n) is 7.02. The largest absolute Gasteiger partial charge is 0.451 e. The molecule has 0 N–H and O–H groups in total. The van der Waals surface area contributed by atoms with E-state index < -0.39 is 0 Å². The van der Waals surface area contributed by atoms with Crippen LogP contribution in [0, 0.1) is 0 Å². The number of benzene rings is 1. The monoisotopic (exact) mass is 372 g/mol. The maximum atomic E-state index is 13.0. The molecule has 7 heteroatoms. The number of hydrogen-bond acceptors (Lipinski definition) is 4. The van der Waals surface area contributed by atoms with Gasteiger partial charge >= 0.3 is 0 Å². The summed E-state index contributed by atoms with van der Waals surface area (Å²) in [5, 5.41) is 1.47. The van der Waals surface area contributed by atoms with Crippen LogP contribution in [0.4, 0.5) is 0 Å². The Balaban J connectivity index is 1.59. The molecule has 0 radical (unpaired) electrons. The summed E-state index contributed by atoms with van der Waals surface area (Å²) in [4.78, 5) is 21.3. The van der Waals surface area contributed by atoms with E-state index in [1.165, 1.54) is 0 Å². The van der Waals surface area contributed by atoms with Crippen LogP contribution in [0.5, 0.6) is 0 Å². The molecule has 136 valence electrons. The highest BCUT2D eigenvalue weighted by Crippen LogP contribution is 2.28. The van der Waals surface area contributed by atoms with Crippen LogP contribution in [0.25, 0.3) is 11.0 Å². The fourth-order valence-corrected chi connectivity index (χ4v) is 3.63. The number of aromatic nitrogens is 2. The minimum absolute atomic E-state index is 0.0976. The number of furan rings is 1. The van der Waals surface area contributed by atoms with Crippen molar-refractivity contribution in [1.82, 2.24) is 19.4 Å². The molecule has 3 heterocycles. The number of halogens is 1. The Morgan fingerprint density at radius 1 is 1.38 bits per heavy atom. The number of amides is 1. The number of carbonyl (C=O) groups is 1. The molecule has 1 aliphatic heterocycles. The maximum Gasteiger partial charge on any atom is 0.290 e. The highest BCUT2D eigenvalue weighted by Gasteiger charge is 2.30. The second-order valence-corrected chi connectivity index (χ2v) is 7.45. The van der Waals surface area contributed by atoms with E-state index >= 15 is 0 Å². The van der Waals surface area contributed by atoms with Crippen LogP contribution in [-0.4, -0.2) is 52.4 Å². The van der Waals surface area contributed by atoms with E-state index in [-0.39, 0.29) is 11.9 Å². The fourth-order valence-electron chi connectivity index (χ4n) is 3.45. The van der Waals surface area contributed by atoms with Gasteiger partial charge in [0, 0.05) is 23.2 Å². The summed E-state index contributed by atoms with van der Waals surface area (Å²) >= 11 is 6.03. The van der Waals surface area contributed by atoms with Crippen LogP contribution in [0.1, 0.15) is 28.7 Å². The quantitative estimate of drug-likeness (QED) is 0.704. The summed E-state index contributed by atoms with van der Waals surface area (Å²) in [6.45, 7) is 2.14. The Morgan fingerprint density at radius 2 is 2.23 bits per heavy atom. The molecule has 4 rings (SSSR count). The third-order valence-electron chi connectivity index (χ3n) is 4.81. The van der Waals surface area contributed by atoms with E-state index in [9.17, 15) is 4.79 Å². The maximum absolute atomic E-state index is 13.0. The van der Waals surface area contributed by atoms with E-state index in [1.807, 2.05) is 23.5 Å². The van der Waals surface area contributed by atoms with Crippen LogP contribution >= 0.6 is 11.6 Å². The van der Waals surface area contributed by atoms with Crippen molar-refractivity contribution in [3.8, 4) is 0 Å². The first kappa shape index (κ1) is 17.1. The van der Waals surface area contributed by atoms with Crippen molar-refractivity contribution >= 4 is 28.5 Å². The first-order chi connectivity index (χ1) is 12.5. The standard InChI is InChI=1S/C19H21ClN4O2/c1-22(2)6-5-15-10-23(11-16-9-21-12-24(15)16)19(25)18-8-13-7-14(20)3-4-17(13)26-18/h3-4,7-9,12,15H,5-6,10-11H2,1-2H3/t15-/m1/s1. The van der Waals surface area contributed by atoms with Gasteiger partial charge in [0.15, 0.2) is 5.76 Å². The lowest BCUT2D eigenvalue weighted by Gasteiger charge is -2.34. The summed E-state index contributed by atoms with van der Waals surface area (Å²) in [7, 11) is 4.11. The molecule has 26 heavy (non-hydrogen) atoms. The molecule has 0 saturated carbocycles. The van der Waals surface area contributed by atoms with E-state index in [4.69, 9.17) is 16.0 Å². The smallest absolute Gasteiger partial charge is 0.290 e. The van der Waals surface area contributed by atoms with Crippen molar-refractivity contribution < 1.29 is 9.21 Å². The summed E-state index contributed by atoms with van der Waals surface area (Å²) in [5.41, 5.74) is 1.72. The van der Waals surface area contributed by atoms with Gasteiger partial charge in [-0.15, -0.1) is 0 Å². The lowest BCUT2D eigenvalue weighted by atomic mass is 10.1. The number of nitrogens with zero attached hydrogens (tertiary/aromatic N) is 4. The van der Waals surface area contributed by atoms with Crippen molar-refractivity contribution in [3.63, 3.8) is 0 Å². The van der Waals surface area contributed by atoms with Crippen molar-refractivity contribution in [2.24, 2.45) is 0 Å². The molecule has 1 aromatic carbocycles. The molecule has 1 aliphatic rings. The minimum atomic E-state index is -0.0976. The third-order valence-corrected chi connectivity index (χ3v) is 5.04. The molecule has 1 amide bonds. The second kappa shape index (κ2) is 6.78. The van der Waals surface area contributed by atoms with Crippen LogP contribution in [0.2, 0.25) is 5.02 Å². The summed E-state index contributed by atoms with van der Waals surface area (Å²) in [6, 6.07) is 7.34. The van der Waals surface area contributed by atoms with E-state index in [0.717, 1.165) is 24.0 Å². The molecule has 0 saturated heterocycles. The van der Waals surface area contributed by atoms with Gasteiger partial charge in [-0.2, -0.15) is 0 Å². The molecule has 0 spiro atoms. The zero-order chi connectivity index (χ0) is 18.3. The van der Waals surface area contributed by atoms with Crippen molar-refractivity contribution in [1.29, 1.82) is 0 Å². The molecular formula is C19H21ClN4O2. The van der Waals surface area contributed by atoms with Crippen LogP contribution in [0.15, 0.2) is 41.2 Å². The molecule has 0 unspecified atom stereocenters. The van der Waals surface area contributed by atoms with E-state index in [1.54, 1.807) is 18.2 Å². The summed E-state index contributed by atoms with van der Waals surface area (Å²) in [5.74, 6) is 0.251. The molecular weight excluding hydrogens is 352 g/mol. The molecule has 0 aliphatic carbocycles. The normalized spacial score (nSPS) is 17.1. The van der Waals surface area contributed by atoms with E-state index in [0.29, 0.717) is 29.5 Å². The van der Waals surface area contributed by atoms with Gasteiger partial charge in [0.2, 0.25) is 0 Å². The molecule has 0 bridgehead atoms. The number of rotatable bonds is 4. The van der Waals surface area contributed by atoms with Gasteiger partial charge in [-0.1, -0.05) is 11.6 Å². The third kappa shape index (κ3) is 3.22. The zero-order valence-electron chi connectivity index (χ0n) is 14.9. The minimum Gasteiger partial charge on any atom is -0.451 e. The average Bonchev–Trinajstić information content (AvgIpc) is 3.24. The SMILES string of the molecule is CN(C)CC[C@@H]1CN(C(=O)c2cc3cc(Cl)ccc3o2)Cc2cncn21. The van der Waals surface area contributed by atoms with Gasteiger partial charge in [-0.3, -0.25) is 4.79 Å². The Bertz CT molecular complexity index is 946. The molecule has 6 nitrogen and oxygen atoms in total. The van der Waals surface area contributed by atoms with Crippen molar-refractivity contribution in [2.45, 2.75) is 19.0 Å². The van der Waals surface area contributed by atoms with Gasteiger partial charge in [0.25, 0.3) is 5.91 Å². The highest BCUT2D eigenvalue weighted by atomic mass is 35.5. The highest BCUT2D eigenvalue weighted by molar-refractivity contribution is 6.31. The molecule has 3 aromatic rings. The lowest BCUT2D eigenvalue weighted by Crippen LogP contribution is -2.41. The number of carbonyl (C=O) groups excluding carboxylic acids is 1. The number of fused-ring (bicyclic) bond motifs is 2. The lowest BCUT2D eigenvalue weighted by molar-refractivity contribution is 0.0640. The van der Waals surface area contributed by atoms with Gasteiger partial charge in [0.1, 0.15) is 5.58 Å². The summed E-state index contributed by atoms with van der Waals surface area (Å²) < 4.78 is 7.95. The zero-order valence-corrected chi connectivity index (χ0v) is 15.6. The Morgan fingerprint density at radius 3 is 3.04 bits per heavy atom. The molecule has 2 aromatic heterocycles. The van der Waals surface area contributed by atoms with Crippen molar-refractivity contribution in [3.05, 3.63) is 53.3 Å². The average molecular weight is 373 g/mol. The summed E-state index contributed by atoms with van der Waals surface area (Å²) in [6.07, 6.45) is 4.65. The van der Waals surface area contributed by atoms with Gasteiger partial charge in [-0.05, 0) is 51.3 Å². The Hall–Kier alpha value is -2.31. The van der Waals surface area contributed by atoms with Gasteiger partial charge in [-0.25, -0.2) is 4.98 Å². The topological polar surface area (TPSA) is 54.5 Å². The number of imidazole rings is 1. The first-order valence-electron chi connectivity index (χ1n) is 8.65. The van der Waals surface area contributed by atoms with E-state index in [2.05, 4.69) is 28.5 Å². The van der Waals surface area contributed by atoms with Crippen LogP contribution in [-0.2, 0) is 6.54 Å². The molecule has 1 atom stereocenters.